The van der Waals surface area contributed by atoms with Gasteiger partial charge >= 0.3 is 0 Å². The Hall–Kier alpha value is -2.05. The number of anilines is 1. The van der Waals surface area contributed by atoms with E-state index in [0.29, 0.717) is 11.4 Å². The van der Waals surface area contributed by atoms with E-state index < -0.39 is 0 Å². The van der Waals surface area contributed by atoms with E-state index in [1.54, 1.807) is 6.07 Å². The number of nitriles is 1. The predicted molar refractivity (Wildman–Crippen MR) is 79.2 cm³/mol. The van der Waals surface area contributed by atoms with Crippen LogP contribution in [0.4, 0.5) is 10.1 Å². The van der Waals surface area contributed by atoms with Crippen molar-refractivity contribution in [2.75, 3.05) is 5.32 Å². The molecule has 1 N–H and O–H groups in total. The fourth-order valence-corrected chi connectivity index (χ4v) is 2.32. The third-order valence-corrected chi connectivity index (χ3v) is 3.38. The average molecular weight is 289 g/mol. The van der Waals surface area contributed by atoms with Gasteiger partial charge in [-0.1, -0.05) is 29.8 Å². The summed E-state index contributed by atoms with van der Waals surface area (Å²) in [4.78, 5) is 0. The highest BCUT2D eigenvalue weighted by molar-refractivity contribution is 6.31. The van der Waals surface area contributed by atoms with Crippen LogP contribution in [0.3, 0.4) is 0 Å². The molecule has 0 saturated carbocycles. The molecule has 0 aliphatic rings. The molecule has 0 aliphatic heterocycles. The van der Waals surface area contributed by atoms with E-state index in [4.69, 9.17) is 16.9 Å². The van der Waals surface area contributed by atoms with Gasteiger partial charge in [0.1, 0.15) is 5.82 Å². The maximum atomic E-state index is 13.0. The van der Waals surface area contributed by atoms with Crippen LogP contribution >= 0.6 is 11.6 Å². The van der Waals surface area contributed by atoms with E-state index in [9.17, 15) is 4.39 Å². The number of benzene rings is 2. The maximum absolute atomic E-state index is 13.0. The van der Waals surface area contributed by atoms with E-state index in [1.807, 2.05) is 31.2 Å². The van der Waals surface area contributed by atoms with Crippen LogP contribution in [0.1, 0.15) is 24.1 Å². The van der Waals surface area contributed by atoms with Gasteiger partial charge in [0.05, 0.1) is 12.5 Å². The topological polar surface area (TPSA) is 35.8 Å². The van der Waals surface area contributed by atoms with Gasteiger partial charge in [0.2, 0.25) is 0 Å². The van der Waals surface area contributed by atoms with Gasteiger partial charge in [0, 0.05) is 16.8 Å². The number of nitrogens with zero attached hydrogens (tertiary/aromatic N) is 1. The minimum atomic E-state index is -0.341. The van der Waals surface area contributed by atoms with Crippen molar-refractivity contribution in [2.24, 2.45) is 0 Å². The van der Waals surface area contributed by atoms with E-state index in [-0.39, 0.29) is 11.9 Å². The van der Waals surface area contributed by atoms with E-state index >= 15 is 0 Å². The second-order valence-electron chi connectivity index (χ2n) is 4.56. The molecule has 4 heteroatoms. The predicted octanol–water partition coefficient (Wildman–Crippen LogP) is 4.72. The summed E-state index contributed by atoms with van der Waals surface area (Å²) < 4.78 is 13.0. The van der Waals surface area contributed by atoms with E-state index in [2.05, 4.69) is 11.4 Å². The molecule has 0 saturated heterocycles. The Kier molecular flexibility index (Phi) is 4.60. The monoisotopic (exact) mass is 288 g/mol. The molecule has 2 aromatic carbocycles. The second kappa shape index (κ2) is 6.40. The maximum Gasteiger partial charge on any atom is 0.124 e. The zero-order chi connectivity index (χ0) is 14.5. The Labute approximate surface area is 122 Å². The molecule has 102 valence electrons. The summed E-state index contributed by atoms with van der Waals surface area (Å²) in [5, 5.41) is 12.3. The summed E-state index contributed by atoms with van der Waals surface area (Å²) in [6.07, 6.45) is 0.402. The van der Waals surface area contributed by atoms with Crippen LogP contribution in [0.2, 0.25) is 5.02 Å². The normalized spacial score (nSPS) is 11.7. The first-order valence-corrected chi connectivity index (χ1v) is 6.65. The number of hydrogen-bond acceptors (Lipinski definition) is 2. The molecule has 1 atom stereocenters. The molecular weight excluding hydrogens is 275 g/mol. The lowest BCUT2D eigenvalue weighted by Crippen LogP contribution is -2.07. The average Bonchev–Trinajstić information content (AvgIpc) is 2.41. The molecule has 2 aromatic rings. The zero-order valence-corrected chi connectivity index (χ0v) is 11.8. The molecule has 2 rings (SSSR count). The Morgan fingerprint density at radius 2 is 1.95 bits per heavy atom. The first-order chi connectivity index (χ1) is 9.60. The van der Waals surface area contributed by atoms with Crippen LogP contribution in [0.5, 0.6) is 0 Å². The molecule has 0 heterocycles. The molecule has 0 aromatic heterocycles. The van der Waals surface area contributed by atoms with Crippen molar-refractivity contribution in [2.45, 2.75) is 19.4 Å². The van der Waals surface area contributed by atoms with Crippen molar-refractivity contribution in [3.63, 3.8) is 0 Å². The van der Waals surface area contributed by atoms with Crippen LogP contribution in [-0.4, -0.2) is 0 Å². The minimum Gasteiger partial charge on any atom is -0.378 e. The fraction of sp³-hybridized carbons (Fsp3) is 0.188. The lowest BCUT2D eigenvalue weighted by atomic mass is 10.1. The van der Waals surface area contributed by atoms with Crippen molar-refractivity contribution >= 4 is 17.3 Å². The SMILES string of the molecule is CC(Nc1ccc(CC#N)cc1)c1ccc(F)cc1Cl. The molecule has 0 bridgehead atoms. The molecule has 20 heavy (non-hydrogen) atoms. The molecule has 0 aliphatic carbocycles. The highest BCUT2D eigenvalue weighted by Crippen LogP contribution is 2.26. The summed E-state index contributed by atoms with van der Waals surface area (Å²) in [5.41, 5.74) is 2.75. The van der Waals surface area contributed by atoms with Gasteiger partial charge in [0.25, 0.3) is 0 Å². The standard InChI is InChI=1S/C16H14ClFN2/c1-11(15-7-4-13(18)10-16(15)17)20-14-5-2-12(3-6-14)8-9-19/h2-7,10-11,20H,8H2,1H3. The molecule has 0 spiro atoms. The number of hydrogen-bond donors (Lipinski definition) is 1. The summed E-state index contributed by atoms with van der Waals surface area (Å²) in [7, 11) is 0. The van der Waals surface area contributed by atoms with Gasteiger partial charge in [-0.25, -0.2) is 4.39 Å². The zero-order valence-electron chi connectivity index (χ0n) is 11.0. The highest BCUT2D eigenvalue weighted by Gasteiger charge is 2.10. The second-order valence-corrected chi connectivity index (χ2v) is 4.97. The largest absolute Gasteiger partial charge is 0.378 e. The summed E-state index contributed by atoms with van der Waals surface area (Å²) >= 11 is 6.04. The summed E-state index contributed by atoms with van der Waals surface area (Å²) in [5.74, 6) is -0.341. The number of halogens is 2. The van der Waals surface area contributed by atoms with Crippen molar-refractivity contribution in [3.05, 3.63) is 64.4 Å². The third kappa shape index (κ3) is 3.49. The summed E-state index contributed by atoms with van der Waals surface area (Å²) in [6, 6.07) is 14.1. The van der Waals surface area contributed by atoms with Crippen molar-refractivity contribution in [3.8, 4) is 6.07 Å². The highest BCUT2D eigenvalue weighted by atomic mass is 35.5. The molecule has 1 unspecified atom stereocenters. The van der Waals surface area contributed by atoms with Crippen molar-refractivity contribution in [1.29, 1.82) is 5.26 Å². The van der Waals surface area contributed by atoms with Crippen LogP contribution in [0.25, 0.3) is 0 Å². The van der Waals surface area contributed by atoms with Crippen LogP contribution in [0, 0.1) is 17.1 Å². The van der Waals surface area contributed by atoms with Gasteiger partial charge in [-0.2, -0.15) is 5.26 Å². The van der Waals surface area contributed by atoms with Gasteiger partial charge in [-0.15, -0.1) is 0 Å². The molecule has 0 fully saturated rings. The van der Waals surface area contributed by atoms with Gasteiger partial charge in [-0.05, 0) is 42.3 Å². The molecule has 0 amide bonds. The summed E-state index contributed by atoms with van der Waals surface area (Å²) in [6.45, 7) is 1.96. The lowest BCUT2D eigenvalue weighted by Gasteiger charge is -2.17. The van der Waals surface area contributed by atoms with Gasteiger partial charge in [-0.3, -0.25) is 0 Å². The smallest absolute Gasteiger partial charge is 0.124 e. The van der Waals surface area contributed by atoms with Crippen molar-refractivity contribution < 1.29 is 4.39 Å². The van der Waals surface area contributed by atoms with Crippen LogP contribution in [0.15, 0.2) is 42.5 Å². The van der Waals surface area contributed by atoms with Crippen molar-refractivity contribution in [1.82, 2.24) is 0 Å². The van der Waals surface area contributed by atoms with Crippen LogP contribution in [-0.2, 0) is 6.42 Å². The lowest BCUT2D eigenvalue weighted by molar-refractivity contribution is 0.626. The van der Waals surface area contributed by atoms with Crippen LogP contribution < -0.4 is 5.32 Å². The fourth-order valence-electron chi connectivity index (χ4n) is 1.99. The molecule has 0 radical (unpaired) electrons. The molecular formula is C16H14ClFN2. The molecule has 2 nitrogen and oxygen atoms in total. The minimum absolute atomic E-state index is 0.0371. The Bertz CT molecular complexity index is 632. The quantitative estimate of drug-likeness (QED) is 0.884. The Morgan fingerprint density at radius 1 is 1.25 bits per heavy atom. The number of rotatable bonds is 4. The number of nitrogens with one attached hydrogen (secondary N) is 1. The third-order valence-electron chi connectivity index (χ3n) is 3.05. The van der Waals surface area contributed by atoms with E-state index in [0.717, 1.165) is 16.8 Å². The van der Waals surface area contributed by atoms with Gasteiger partial charge in [0.15, 0.2) is 0 Å². The first-order valence-electron chi connectivity index (χ1n) is 6.27. The first kappa shape index (κ1) is 14.4. The Morgan fingerprint density at radius 3 is 2.55 bits per heavy atom. The van der Waals surface area contributed by atoms with Gasteiger partial charge < -0.3 is 5.32 Å². The Balaban J connectivity index is 2.11. The van der Waals surface area contributed by atoms with E-state index in [1.165, 1.54) is 12.1 Å².